The third kappa shape index (κ3) is 3.13. The number of hydrogen-bond acceptors (Lipinski definition) is 3. The largest absolute Gasteiger partial charge is 0.493 e. The molecule has 1 N–H and O–H groups in total. The Balaban J connectivity index is 1.92. The van der Waals surface area contributed by atoms with Crippen LogP contribution in [0.3, 0.4) is 0 Å². The zero-order chi connectivity index (χ0) is 14.7. The van der Waals surface area contributed by atoms with Gasteiger partial charge in [-0.2, -0.15) is 0 Å². The van der Waals surface area contributed by atoms with Crippen LogP contribution in [0.15, 0.2) is 34.9 Å². The lowest BCUT2D eigenvalue weighted by Gasteiger charge is -2.22. The van der Waals surface area contributed by atoms with E-state index in [0.717, 1.165) is 43.9 Å². The number of furan rings is 1. The molecular weight excluding hydrogens is 262 g/mol. The summed E-state index contributed by atoms with van der Waals surface area (Å²) < 4.78 is 11.2. The van der Waals surface area contributed by atoms with Crippen molar-refractivity contribution in [1.82, 2.24) is 5.32 Å². The molecule has 2 aromatic rings. The van der Waals surface area contributed by atoms with Crippen LogP contribution in [0.1, 0.15) is 48.3 Å². The molecule has 21 heavy (non-hydrogen) atoms. The molecule has 0 radical (unpaired) electrons. The minimum Gasteiger partial charge on any atom is -0.493 e. The maximum atomic E-state index is 5.71. The Morgan fingerprint density at radius 1 is 1.24 bits per heavy atom. The van der Waals surface area contributed by atoms with Gasteiger partial charge in [0.15, 0.2) is 0 Å². The summed E-state index contributed by atoms with van der Waals surface area (Å²) in [5.41, 5.74) is 3.80. The van der Waals surface area contributed by atoms with Crippen molar-refractivity contribution in [2.75, 3.05) is 13.2 Å². The van der Waals surface area contributed by atoms with Gasteiger partial charge in [-0.15, -0.1) is 0 Å². The van der Waals surface area contributed by atoms with Crippen LogP contribution in [0, 0.1) is 6.92 Å². The van der Waals surface area contributed by atoms with Crippen LogP contribution in [-0.4, -0.2) is 13.2 Å². The second-order valence-corrected chi connectivity index (χ2v) is 5.70. The molecule has 1 aliphatic rings. The van der Waals surface area contributed by atoms with Crippen LogP contribution < -0.4 is 10.1 Å². The van der Waals surface area contributed by atoms with Gasteiger partial charge in [0.1, 0.15) is 11.5 Å². The van der Waals surface area contributed by atoms with Gasteiger partial charge in [0.2, 0.25) is 0 Å². The Labute approximate surface area is 126 Å². The van der Waals surface area contributed by atoms with E-state index in [1.165, 1.54) is 16.7 Å². The number of rotatable bonds is 5. The minimum atomic E-state index is 0.189. The van der Waals surface area contributed by atoms with Crippen LogP contribution in [-0.2, 0) is 6.42 Å². The number of aryl methyl sites for hydroxylation is 2. The first kappa shape index (κ1) is 14.2. The highest BCUT2D eigenvalue weighted by atomic mass is 16.5. The second-order valence-electron chi connectivity index (χ2n) is 5.70. The molecule has 2 heterocycles. The van der Waals surface area contributed by atoms with Gasteiger partial charge in [0, 0.05) is 5.56 Å². The zero-order valence-corrected chi connectivity index (χ0v) is 12.8. The number of hydrogen-bond donors (Lipinski definition) is 1. The Morgan fingerprint density at radius 2 is 2.14 bits per heavy atom. The van der Waals surface area contributed by atoms with Crippen molar-refractivity contribution in [3.63, 3.8) is 0 Å². The number of fused-ring (bicyclic) bond motifs is 1. The average molecular weight is 285 g/mol. The zero-order valence-electron chi connectivity index (χ0n) is 12.8. The molecule has 0 saturated carbocycles. The van der Waals surface area contributed by atoms with Gasteiger partial charge >= 0.3 is 0 Å². The molecular formula is C18H23NO2. The molecule has 1 aliphatic heterocycles. The Hall–Kier alpha value is -1.74. The van der Waals surface area contributed by atoms with Crippen LogP contribution in [0.2, 0.25) is 0 Å². The van der Waals surface area contributed by atoms with E-state index in [4.69, 9.17) is 9.15 Å². The van der Waals surface area contributed by atoms with E-state index in [2.05, 4.69) is 36.5 Å². The standard InChI is InChI=1S/C18H23NO2/c1-3-8-19-18(16-10-13(2)21-12-16)15-6-7-17-14(11-15)5-4-9-20-17/h6-7,10-12,18-19H,3-5,8-9H2,1-2H3. The van der Waals surface area contributed by atoms with E-state index >= 15 is 0 Å². The third-order valence-electron chi connectivity index (χ3n) is 3.95. The highest BCUT2D eigenvalue weighted by Crippen LogP contribution is 2.31. The molecule has 0 spiro atoms. The van der Waals surface area contributed by atoms with E-state index in [1.54, 1.807) is 0 Å². The lowest BCUT2D eigenvalue weighted by Crippen LogP contribution is -2.23. The number of nitrogens with one attached hydrogen (secondary N) is 1. The lowest BCUT2D eigenvalue weighted by atomic mass is 9.96. The SMILES string of the molecule is CCCNC(c1coc(C)c1)c1ccc2c(c1)CCCO2. The Kier molecular flexibility index (Phi) is 4.30. The van der Waals surface area contributed by atoms with Crippen molar-refractivity contribution in [2.45, 2.75) is 39.2 Å². The quantitative estimate of drug-likeness (QED) is 0.901. The van der Waals surface area contributed by atoms with E-state index in [0.29, 0.717) is 0 Å². The molecule has 1 aromatic carbocycles. The minimum absolute atomic E-state index is 0.189. The fraction of sp³-hybridized carbons (Fsp3) is 0.444. The molecule has 3 heteroatoms. The molecule has 112 valence electrons. The topological polar surface area (TPSA) is 34.4 Å². The summed E-state index contributed by atoms with van der Waals surface area (Å²) >= 11 is 0. The van der Waals surface area contributed by atoms with E-state index in [1.807, 2.05) is 13.2 Å². The van der Waals surface area contributed by atoms with Gasteiger partial charge in [0.25, 0.3) is 0 Å². The van der Waals surface area contributed by atoms with E-state index in [-0.39, 0.29) is 6.04 Å². The summed E-state index contributed by atoms with van der Waals surface area (Å²) in [6.07, 6.45) is 5.18. The molecule has 3 nitrogen and oxygen atoms in total. The van der Waals surface area contributed by atoms with Crippen molar-refractivity contribution >= 4 is 0 Å². The van der Waals surface area contributed by atoms with Gasteiger partial charge in [-0.1, -0.05) is 19.1 Å². The van der Waals surface area contributed by atoms with Gasteiger partial charge < -0.3 is 14.5 Å². The van der Waals surface area contributed by atoms with Gasteiger partial charge in [0.05, 0.1) is 18.9 Å². The van der Waals surface area contributed by atoms with Crippen LogP contribution in [0.25, 0.3) is 0 Å². The lowest BCUT2D eigenvalue weighted by molar-refractivity contribution is 0.288. The van der Waals surface area contributed by atoms with Crippen LogP contribution in [0.5, 0.6) is 5.75 Å². The van der Waals surface area contributed by atoms with E-state index < -0.39 is 0 Å². The number of benzene rings is 1. The summed E-state index contributed by atoms with van der Waals surface area (Å²) in [4.78, 5) is 0. The highest BCUT2D eigenvalue weighted by Gasteiger charge is 2.18. The second kappa shape index (κ2) is 6.35. The maximum Gasteiger partial charge on any atom is 0.122 e. The molecule has 0 fully saturated rings. The van der Waals surface area contributed by atoms with Crippen LogP contribution in [0.4, 0.5) is 0 Å². The summed E-state index contributed by atoms with van der Waals surface area (Å²) in [6, 6.07) is 8.86. The predicted molar refractivity (Wildman–Crippen MR) is 83.8 cm³/mol. The monoisotopic (exact) mass is 285 g/mol. The molecule has 1 atom stereocenters. The van der Waals surface area contributed by atoms with Crippen LogP contribution >= 0.6 is 0 Å². The molecule has 1 unspecified atom stereocenters. The molecule has 0 saturated heterocycles. The average Bonchev–Trinajstić information content (AvgIpc) is 2.94. The summed E-state index contributed by atoms with van der Waals surface area (Å²) in [7, 11) is 0. The molecule has 1 aromatic heterocycles. The van der Waals surface area contributed by atoms with Crippen molar-refractivity contribution in [2.24, 2.45) is 0 Å². The van der Waals surface area contributed by atoms with Crippen molar-refractivity contribution < 1.29 is 9.15 Å². The van der Waals surface area contributed by atoms with Crippen molar-refractivity contribution in [1.29, 1.82) is 0 Å². The van der Waals surface area contributed by atoms with Crippen molar-refractivity contribution in [3.05, 3.63) is 53.0 Å². The van der Waals surface area contributed by atoms with Crippen molar-refractivity contribution in [3.8, 4) is 5.75 Å². The first-order valence-electron chi connectivity index (χ1n) is 7.82. The summed E-state index contributed by atoms with van der Waals surface area (Å²) in [5.74, 6) is 2.00. The van der Waals surface area contributed by atoms with Gasteiger partial charge in [-0.05, 0) is 56.0 Å². The third-order valence-corrected chi connectivity index (χ3v) is 3.95. The fourth-order valence-corrected chi connectivity index (χ4v) is 2.89. The highest BCUT2D eigenvalue weighted by molar-refractivity contribution is 5.42. The number of ether oxygens (including phenoxy) is 1. The Bertz CT molecular complexity index is 603. The summed E-state index contributed by atoms with van der Waals surface area (Å²) in [6.45, 7) is 6.00. The molecule has 0 amide bonds. The van der Waals surface area contributed by atoms with Gasteiger partial charge in [-0.25, -0.2) is 0 Å². The Morgan fingerprint density at radius 3 is 2.90 bits per heavy atom. The molecule has 3 rings (SSSR count). The first-order chi connectivity index (χ1) is 10.3. The van der Waals surface area contributed by atoms with E-state index in [9.17, 15) is 0 Å². The summed E-state index contributed by atoms with van der Waals surface area (Å²) in [5, 5.41) is 3.62. The normalized spacial score (nSPS) is 15.3. The van der Waals surface area contributed by atoms with Gasteiger partial charge in [-0.3, -0.25) is 0 Å². The fourth-order valence-electron chi connectivity index (χ4n) is 2.89. The smallest absolute Gasteiger partial charge is 0.122 e. The molecule has 0 bridgehead atoms. The molecule has 0 aliphatic carbocycles. The first-order valence-corrected chi connectivity index (χ1v) is 7.82. The predicted octanol–water partition coefficient (Wildman–Crippen LogP) is 4.00. The maximum absolute atomic E-state index is 5.71.